The zero-order chi connectivity index (χ0) is 17.9. The Bertz CT molecular complexity index is 819. The fourth-order valence-electron chi connectivity index (χ4n) is 2.63. The summed E-state index contributed by atoms with van der Waals surface area (Å²) < 4.78 is 6.84. The van der Waals surface area contributed by atoms with Crippen molar-refractivity contribution in [1.82, 2.24) is 9.99 Å². The molecule has 2 aromatic rings. The van der Waals surface area contributed by atoms with Crippen LogP contribution in [-0.2, 0) is 9.53 Å². The van der Waals surface area contributed by atoms with Crippen LogP contribution in [-0.4, -0.2) is 29.8 Å². The van der Waals surface area contributed by atoms with Crippen LogP contribution in [0.3, 0.4) is 0 Å². The molecule has 0 bridgehead atoms. The minimum atomic E-state index is -0.353. The molecule has 0 fully saturated rings. The standard InChI is InChI=1S/C18H21N3O3/c1-11-8-15(18(23)24-5)6-7-17(11)21-12(2)9-16(13(21)3)10-19-20-14(4)22/h6-10H,1-5H3,(H,20,22)/b19-10-. The van der Waals surface area contributed by atoms with Gasteiger partial charge in [0.2, 0.25) is 5.91 Å². The minimum Gasteiger partial charge on any atom is -0.465 e. The molecule has 1 aromatic carbocycles. The highest BCUT2D eigenvalue weighted by Crippen LogP contribution is 2.23. The highest BCUT2D eigenvalue weighted by Gasteiger charge is 2.13. The van der Waals surface area contributed by atoms with Gasteiger partial charge < -0.3 is 9.30 Å². The van der Waals surface area contributed by atoms with E-state index >= 15 is 0 Å². The Hall–Kier alpha value is -2.89. The molecule has 0 atom stereocenters. The molecule has 6 heteroatoms. The van der Waals surface area contributed by atoms with Gasteiger partial charge in [0, 0.05) is 29.6 Å². The van der Waals surface area contributed by atoms with Crippen molar-refractivity contribution in [2.24, 2.45) is 5.10 Å². The van der Waals surface area contributed by atoms with Crippen LogP contribution in [0.15, 0.2) is 29.4 Å². The Morgan fingerprint density at radius 1 is 1.21 bits per heavy atom. The number of aromatic nitrogens is 1. The van der Waals surface area contributed by atoms with E-state index < -0.39 is 0 Å². The summed E-state index contributed by atoms with van der Waals surface area (Å²) in [4.78, 5) is 22.5. The smallest absolute Gasteiger partial charge is 0.337 e. The molecule has 24 heavy (non-hydrogen) atoms. The zero-order valence-electron chi connectivity index (χ0n) is 14.5. The number of hydrogen-bond acceptors (Lipinski definition) is 4. The van der Waals surface area contributed by atoms with E-state index in [0.717, 1.165) is 28.2 Å². The van der Waals surface area contributed by atoms with Crippen molar-refractivity contribution in [3.8, 4) is 5.69 Å². The quantitative estimate of drug-likeness (QED) is 0.533. The Kier molecular flexibility index (Phi) is 5.18. The van der Waals surface area contributed by atoms with Crippen molar-refractivity contribution < 1.29 is 14.3 Å². The molecule has 0 aliphatic heterocycles. The van der Waals surface area contributed by atoms with Gasteiger partial charge >= 0.3 is 5.97 Å². The van der Waals surface area contributed by atoms with Crippen molar-refractivity contribution in [3.05, 3.63) is 52.3 Å². The summed E-state index contributed by atoms with van der Waals surface area (Å²) in [5.74, 6) is -0.567. The molecule has 1 aromatic heterocycles. The Labute approximate surface area is 141 Å². The molecular weight excluding hydrogens is 306 g/mol. The van der Waals surface area contributed by atoms with Gasteiger partial charge in [0.05, 0.1) is 18.9 Å². The Balaban J connectivity index is 2.43. The van der Waals surface area contributed by atoms with Gasteiger partial charge in [-0.3, -0.25) is 4.79 Å². The van der Waals surface area contributed by atoms with Crippen molar-refractivity contribution in [1.29, 1.82) is 0 Å². The molecule has 1 N–H and O–H groups in total. The third-order valence-corrected chi connectivity index (χ3v) is 3.75. The van der Waals surface area contributed by atoms with Crippen LogP contribution in [0.1, 0.15) is 39.8 Å². The van der Waals surface area contributed by atoms with Gasteiger partial charge in [0.25, 0.3) is 0 Å². The highest BCUT2D eigenvalue weighted by molar-refractivity contribution is 5.90. The molecule has 0 radical (unpaired) electrons. The summed E-state index contributed by atoms with van der Waals surface area (Å²) in [5, 5.41) is 3.92. The third-order valence-electron chi connectivity index (χ3n) is 3.75. The Morgan fingerprint density at radius 3 is 2.50 bits per heavy atom. The molecule has 0 unspecified atom stereocenters. The molecule has 0 saturated heterocycles. The number of benzene rings is 1. The van der Waals surface area contributed by atoms with Crippen molar-refractivity contribution in [2.75, 3.05) is 7.11 Å². The second kappa shape index (κ2) is 7.12. The van der Waals surface area contributed by atoms with E-state index in [-0.39, 0.29) is 11.9 Å². The third kappa shape index (κ3) is 3.53. The maximum atomic E-state index is 11.6. The number of ether oxygens (including phenoxy) is 1. The number of hydrogen-bond donors (Lipinski definition) is 1. The zero-order valence-corrected chi connectivity index (χ0v) is 14.5. The van der Waals surface area contributed by atoms with Crippen LogP contribution < -0.4 is 5.43 Å². The predicted octanol–water partition coefficient (Wildman–Crippen LogP) is 2.66. The van der Waals surface area contributed by atoms with Crippen LogP contribution in [0.5, 0.6) is 0 Å². The summed E-state index contributed by atoms with van der Waals surface area (Å²) in [6, 6.07) is 7.45. The molecule has 0 aliphatic carbocycles. The first-order valence-electron chi connectivity index (χ1n) is 7.53. The topological polar surface area (TPSA) is 72.7 Å². The van der Waals surface area contributed by atoms with Crippen LogP contribution in [0, 0.1) is 20.8 Å². The van der Waals surface area contributed by atoms with Gasteiger partial charge in [0.15, 0.2) is 0 Å². The van der Waals surface area contributed by atoms with Crippen molar-refractivity contribution in [3.63, 3.8) is 0 Å². The van der Waals surface area contributed by atoms with E-state index in [2.05, 4.69) is 15.1 Å². The van der Waals surface area contributed by atoms with E-state index in [4.69, 9.17) is 4.74 Å². The summed E-state index contributed by atoms with van der Waals surface area (Å²) in [7, 11) is 1.37. The van der Waals surface area contributed by atoms with Gasteiger partial charge in [-0.25, -0.2) is 10.2 Å². The van der Waals surface area contributed by atoms with E-state index in [1.165, 1.54) is 14.0 Å². The van der Waals surface area contributed by atoms with Gasteiger partial charge in [-0.1, -0.05) is 0 Å². The predicted molar refractivity (Wildman–Crippen MR) is 92.7 cm³/mol. The number of carbonyl (C=O) groups excluding carboxylic acids is 2. The van der Waals surface area contributed by atoms with Gasteiger partial charge in [-0.2, -0.15) is 5.10 Å². The van der Waals surface area contributed by atoms with Gasteiger partial charge in [0.1, 0.15) is 0 Å². The number of rotatable bonds is 4. The largest absolute Gasteiger partial charge is 0.465 e. The van der Waals surface area contributed by atoms with Crippen LogP contribution >= 0.6 is 0 Å². The van der Waals surface area contributed by atoms with E-state index in [0.29, 0.717) is 5.56 Å². The number of hydrazone groups is 1. The summed E-state index contributed by atoms with van der Waals surface area (Å²) in [6.07, 6.45) is 1.62. The average molecular weight is 327 g/mol. The number of carbonyl (C=O) groups is 2. The van der Waals surface area contributed by atoms with Gasteiger partial charge in [-0.15, -0.1) is 0 Å². The molecule has 0 spiro atoms. The molecule has 0 aliphatic rings. The molecule has 6 nitrogen and oxygen atoms in total. The van der Waals surface area contributed by atoms with Crippen molar-refractivity contribution in [2.45, 2.75) is 27.7 Å². The normalized spacial score (nSPS) is 10.9. The van der Waals surface area contributed by atoms with Gasteiger partial charge in [-0.05, 0) is 50.6 Å². The van der Waals surface area contributed by atoms with E-state index in [1.54, 1.807) is 12.3 Å². The lowest BCUT2D eigenvalue weighted by Gasteiger charge is -2.13. The lowest BCUT2D eigenvalue weighted by Crippen LogP contribution is -2.12. The average Bonchev–Trinajstić information content (AvgIpc) is 2.81. The summed E-state index contributed by atoms with van der Waals surface area (Å²) >= 11 is 0. The second-order valence-corrected chi connectivity index (χ2v) is 5.58. The fourth-order valence-corrected chi connectivity index (χ4v) is 2.63. The SMILES string of the molecule is COC(=O)c1ccc(-n2c(C)cc(/C=N\NC(C)=O)c2C)c(C)c1. The number of aryl methyl sites for hydroxylation is 2. The first-order chi connectivity index (χ1) is 11.3. The fraction of sp³-hybridized carbons (Fsp3) is 0.278. The molecular formula is C18H21N3O3. The minimum absolute atomic E-state index is 0.214. The lowest BCUT2D eigenvalue weighted by molar-refractivity contribution is -0.118. The maximum Gasteiger partial charge on any atom is 0.337 e. The molecule has 1 amide bonds. The number of esters is 1. The first kappa shape index (κ1) is 17.5. The van der Waals surface area contributed by atoms with E-state index in [1.807, 2.05) is 39.0 Å². The molecule has 1 heterocycles. The lowest BCUT2D eigenvalue weighted by atomic mass is 10.1. The van der Waals surface area contributed by atoms with Crippen LogP contribution in [0.25, 0.3) is 5.69 Å². The number of amides is 1. The monoisotopic (exact) mass is 327 g/mol. The molecule has 126 valence electrons. The molecule has 0 saturated carbocycles. The highest BCUT2D eigenvalue weighted by atomic mass is 16.5. The molecule has 2 rings (SSSR count). The summed E-state index contributed by atoms with van der Waals surface area (Å²) in [5.41, 5.74) is 7.81. The van der Waals surface area contributed by atoms with Crippen LogP contribution in [0.4, 0.5) is 0 Å². The maximum absolute atomic E-state index is 11.6. The van der Waals surface area contributed by atoms with Crippen LogP contribution in [0.2, 0.25) is 0 Å². The first-order valence-corrected chi connectivity index (χ1v) is 7.53. The number of nitrogens with one attached hydrogen (secondary N) is 1. The van der Waals surface area contributed by atoms with E-state index in [9.17, 15) is 9.59 Å². The Morgan fingerprint density at radius 2 is 1.92 bits per heavy atom. The number of nitrogens with zero attached hydrogens (tertiary/aromatic N) is 2. The summed E-state index contributed by atoms with van der Waals surface area (Å²) in [6.45, 7) is 7.34. The second-order valence-electron chi connectivity index (χ2n) is 5.58. The number of methoxy groups -OCH3 is 1. The van der Waals surface area contributed by atoms with Crippen molar-refractivity contribution >= 4 is 18.1 Å².